The first-order valence-corrected chi connectivity index (χ1v) is 16.4. The second-order valence-corrected chi connectivity index (χ2v) is 13.7. The van der Waals surface area contributed by atoms with Gasteiger partial charge in [0.1, 0.15) is 28.5 Å². The summed E-state index contributed by atoms with van der Waals surface area (Å²) >= 11 is 0. The fourth-order valence-electron chi connectivity index (χ4n) is 6.51. The number of ether oxygens (including phenoxy) is 2. The van der Waals surface area contributed by atoms with Crippen molar-refractivity contribution in [1.29, 1.82) is 0 Å². The maximum absolute atomic E-state index is 14.6. The number of nitrogens with zero attached hydrogens (tertiary/aromatic N) is 2. The molecule has 2 aliphatic rings. The van der Waals surface area contributed by atoms with E-state index in [-0.39, 0.29) is 43.0 Å². The van der Waals surface area contributed by atoms with E-state index >= 15 is 0 Å². The van der Waals surface area contributed by atoms with Gasteiger partial charge in [0.15, 0.2) is 9.84 Å². The van der Waals surface area contributed by atoms with Gasteiger partial charge in [-0.2, -0.15) is 26.3 Å². The molecule has 0 spiro atoms. The number of hydrogen-bond donors (Lipinski definition) is 0. The topological polar surface area (TPSA) is 76.2 Å². The molecule has 0 aliphatic carbocycles. The number of amides is 1. The Kier molecular flexibility index (Phi) is 9.88. The van der Waals surface area contributed by atoms with Crippen LogP contribution in [0.2, 0.25) is 0 Å². The van der Waals surface area contributed by atoms with Crippen molar-refractivity contribution in [3.8, 4) is 0 Å². The quantitative estimate of drug-likeness (QED) is 0.194. The number of halogens is 9. The lowest BCUT2D eigenvalue weighted by Gasteiger charge is -2.53. The highest BCUT2D eigenvalue weighted by molar-refractivity contribution is 7.92. The van der Waals surface area contributed by atoms with Crippen LogP contribution >= 0.6 is 0 Å². The SMILES string of the molecule is CC(=O)N1CCOCC1(c1ccc(C(OCc2c(F)cccc2F)(C(F)(F)F)C(F)(F)F)cc1)N1CCCC1S(=O)(=O)c1ccc(F)cc1. The molecule has 49 heavy (non-hydrogen) atoms. The molecule has 2 heterocycles. The Bertz CT molecular complexity index is 1750. The third kappa shape index (κ3) is 6.30. The van der Waals surface area contributed by atoms with Crippen LogP contribution < -0.4 is 0 Å². The zero-order valence-corrected chi connectivity index (χ0v) is 26.4. The van der Waals surface area contributed by atoms with Crippen molar-refractivity contribution in [2.75, 3.05) is 26.3 Å². The summed E-state index contributed by atoms with van der Waals surface area (Å²) in [7, 11) is -4.27. The summed E-state index contributed by atoms with van der Waals surface area (Å²) < 4.78 is 167. The zero-order valence-electron chi connectivity index (χ0n) is 25.6. The third-order valence-electron chi connectivity index (χ3n) is 8.81. The zero-order chi connectivity index (χ0) is 36.0. The molecule has 0 aromatic heterocycles. The van der Waals surface area contributed by atoms with Crippen LogP contribution in [0, 0.1) is 17.5 Å². The number of alkyl halides is 6. The van der Waals surface area contributed by atoms with Crippen LogP contribution in [-0.4, -0.2) is 68.2 Å². The van der Waals surface area contributed by atoms with Gasteiger partial charge in [-0.05, 0) is 54.8 Å². The maximum atomic E-state index is 14.6. The molecule has 2 fully saturated rings. The first-order valence-electron chi connectivity index (χ1n) is 14.8. The van der Waals surface area contributed by atoms with Crippen molar-refractivity contribution < 1.29 is 62.2 Å². The molecular formula is C32H29F9N2O5S. The van der Waals surface area contributed by atoms with E-state index in [1.54, 1.807) is 0 Å². The summed E-state index contributed by atoms with van der Waals surface area (Å²) in [4.78, 5) is 15.4. The standard InChI is InChI=1S/C32H29F9N2O5S/c1-20(44)42-16-17-47-19-29(42,43-15-3-6-28(43)49(45,46)24-13-11-23(33)12-14-24)21-7-9-22(10-8-21)30(31(36,37)38,32(39,40)41)48-18-25-26(34)4-2-5-27(25)35/h2,4-5,7-14,28H,3,6,15-19H2,1H3. The Balaban J connectivity index is 1.64. The van der Waals surface area contributed by atoms with Gasteiger partial charge in [0.25, 0.3) is 5.60 Å². The van der Waals surface area contributed by atoms with Crippen LogP contribution in [0.1, 0.15) is 36.5 Å². The van der Waals surface area contributed by atoms with Crippen LogP contribution in [0.3, 0.4) is 0 Å². The van der Waals surface area contributed by atoms with Gasteiger partial charge in [0.2, 0.25) is 5.91 Å². The molecule has 17 heteroatoms. The van der Waals surface area contributed by atoms with Gasteiger partial charge >= 0.3 is 12.4 Å². The molecule has 5 rings (SSSR count). The number of likely N-dealkylation sites (tertiary alicyclic amines) is 1. The van der Waals surface area contributed by atoms with Crippen molar-refractivity contribution >= 4 is 15.7 Å². The number of carbonyl (C=O) groups is 1. The van der Waals surface area contributed by atoms with Gasteiger partial charge < -0.3 is 14.4 Å². The molecule has 266 valence electrons. The van der Waals surface area contributed by atoms with Crippen LogP contribution in [0.4, 0.5) is 39.5 Å². The van der Waals surface area contributed by atoms with E-state index in [0.717, 1.165) is 42.5 Å². The number of benzene rings is 3. The minimum absolute atomic E-state index is 0.00562. The van der Waals surface area contributed by atoms with E-state index < -0.39 is 86.5 Å². The van der Waals surface area contributed by atoms with Gasteiger partial charge in [-0.3, -0.25) is 9.69 Å². The van der Waals surface area contributed by atoms with Gasteiger partial charge in [-0.1, -0.05) is 30.3 Å². The molecule has 2 aliphatic heterocycles. The average molecular weight is 725 g/mol. The van der Waals surface area contributed by atoms with Crippen LogP contribution in [-0.2, 0) is 42.0 Å². The predicted octanol–water partition coefficient (Wildman–Crippen LogP) is 6.57. The maximum Gasteiger partial charge on any atom is 0.430 e. The molecule has 0 bridgehead atoms. The Morgan fingerprint density at radius 2 is 1.49 bits per heavy atom. The minimum atomic E-state index is -6.20. The molecule has 3 aromatic carbocycles. The minimum Gasteiger partial charge on any atom is -0.375 e. The molecule has 3 aromatic rings. The van der Waals surface area contributed by atoms with Crippen molar-refractivity contribution in [3.05, 3.63) is 101 Å². The number of morpholine rings is 1. The summed E-state index contributed by atoms with van der Waals surface area (Å²) in [5.41, 5.74) is -9.62. The van der Waals surface area contributed by atoms with Gasteiger partial charge in [-0.15, -0.1) is 0 Å². The van der Waals surface area contributed by atoms with Crippen LogP contribution in [0.25, 0.3) is 0 Å². The van der Waals surface area contributed by atoms with Crippen molar-refractivity contribution in [3.63, 3.8) is 0 Å². The first kappa shape index (κ1) is 36.6. The summed E-state index contributed by atoms with van der Waals surface area (Å²) in [6.45, 7) is -1.08. The lowest BCUT2D eigenvalue weighted by atomic mass is 9.87. The highest BCUT2D eigenvalue weighted by Gasteiger charge is 2.73. The highest BCUT2D eigenvalue weighted by Crippen LogP contribution is 2.54. The van der Waals surface area contributed by atoms with Crippen molar-refractivity contribution in [2.45, 2.75) is 60.3 Å². The van der Waals surface area contributed by atoms with E-state index in [2.05, 4.69) is 4.74 Å². The Labute approximate surface area is 275 Å². The predicted molar refractivity (Wildman–Crippen MR) is 155 cm³/mol. The Hall–Kier alpha value is -3.67. The third-order valence-corrected chi connectivity index (χ3v) is 10.9. The molecular weight excluding hydrogens is 695 g/mol. The number of carbonyl (C=O) groups excluding carboxylic acids is 1. The monoisotopic (exact) mass is 724 g/mol. The fraction of sp³-hybridized carbons (Fsp3) is 0.406. The second kappa shape index (κ2) is 13.2. The summed E-state index contributed by atoms with van der Waals surface area (Å²) in [6.07, 6.45) is -12.1. The summed E-state index contributed by atoms with van der Waals surface area (Å²) in [5, 5.41) is -1.36. The second-order valence-electron chi connectivity index (χ2n) is 11.6. The van der Waals surface area contributed by atoms with Crippen molar-refractivity contribution in [2.24, 2.45) is 0 Å². The lowest BCUT2D eigenvalue weighted by molar-refractivity contribution is -0.392. The molecule has 2 unspecified atom stereocenters. The van der Waals surface area contributed by atoms with Crippen LogP contribution in [0.15, 0.2) is 71.6 Å². The highest BCUT2D eigenvalue weighted by atomic mass is 32.2. The normalized spacial score (nSPS) is 21.3. The smallest absolute Gasteiger partial charge is 0.375 e. The van der Waals surface area contributed by atoms with Crippen molar-refractivity contribution in [1.82, 2.24) is 9.80 Å². The van der Waals surface area contributed by atoms with E-state index in [4.69, 9.17) is 4.74 Å². The number of hydrogen-bond acceptors (Lipinski definition) is 6. The van der Waals surface area contributed by atoms with E-state index in [9.17, 15) is 52.7 Å². The van der Waals surface area contributed by atoms with E-state index in [0.29, 0.717) is 24.3 Å². The van der Waals surface area contributed by atoms with Gasteiger partial charge in [0, 0.05) is 31.1 Å². The lowest BCUT2D eigenvalue weighted by Crippen LogP contribution is -2.67. The number of sulfone groups is 1. The molecule has 0 N–H and O–H groups in total. The summed E-state index contributed by atoms with van der Waals surface area (Å²) in [5.74, 6) is -4.13. The van der Waals surface area contributed by atoms with Gasteiger partial charge in [0.05, 0.1) is 24.7 Å². The van der Waals surface area contributed by atoms with E-state index in [1.165, 1.54) is 16.7 Å². The Morgan fingerprint density at radius 3 is 2.04 bits per heavy atom. The molecule has 7 nitrogen and oxygen atoms in total. The van der Waals surface area contributed by atoms with Gasteiger partial charge in [-0.25, -0.2) is 21.6 Å². The average Bonchev–Trinajstić information content (AvgIpc) is 3.53. The molecule has 2 atom stereocenters. The largest absolute Gasteiger partial charge is 0.430 e. The van der Waals surface area contributed by atoms with Crippen LogP contribution in [0.5, 0.6) is 0 Å². The Morgan fingerprint density at radius 1 is 0.898 bits per heavy atom. The molecule has 2 saturated heterocycles. The fourth-order valence-corrected chi connectivity index (χ4v) is 8.44. The molecule has 0 radical (unpaired) electrons. The molecule has 0 saturated carbocycles. The summed E-state index contributed by atoms with van der Waals surface area (Å²) in [6, 6.07) is 8.85. The number of rotatable bonds is 8. The first-order chi connectivity index (χ1) is 22.9. The van der Waals surface area contributed by atoms with E-state index in [1.807, 2.05) is 0 Å². The molecule has 1 amide bonds.